The Balaban J connectivity index is 2.84. The summed E-state index contributed by atoms with van der Waals surface area (Å²) < 4.78 is 5.46. The summed E-state index contributed by atoms with van der Waals surface area (Å²) in [7, 11) is 0. The predicted octanol–water partition coefficient (Wildman–Crippen LogP) is 1.39. The van der Waals surface area contributed by atoms with Gasteiger partial charge in [0.1, 0.15) is 0 Å². The van der Waals surface area contributed by atoms with Crippen molar-refractivity contribution in [3.8, 4) is 5.88 Å². The molecule has 1 atom stereocenters. The second kappa shape index (κ2) is 6.20. The minimum Gasteiger partial charge on any atom is -0.481 e. The fourth-order valence-electron chi connectivity index (χ4n) is 1.48. The van der Waals surface area contributed by atoms with Crippen molar-refractivity contribution in [1.29, 1.82) is 0 Å². The van der Waals surface area contributed by atoms with Gasteiger partial charge in [0.25, 0.3) is 0 Å². The molecule has 5 nitrogen and oxygen atoms in total. The summed E-state index contributed by atoms with van der Waals surface area (Å²) in [5.41, 5.74) is 6.22. The van der Waals surface area contributed by atoms with Crippen molar-refractivity contribution >= 4 is 5.97 Å². The molecule has 0 spiro atoms. The molecular weight excluding hydrogens is 220 g/mol. The van der Waals surface area contributed by atoms with Crippen LogP contribution in [0.2, 0.25) is 0 Å². The van der Waals surface area contributed by atoms with Gasteiger partial charge in [-0.1, -0.05) is 6.07 Å². The highest BCUT2D eigenvalue weighted by Gasteiger charge is 2.16. The molecule has 0 aliphatic heterocycles. The fraction of sp³-hybridized carbons (Fsp3) is 0.500. The van der Waals surface area contributed by atoms with E-state index < -0.39 is 5.97 Å². The number of aromatic nitrogens is 1. The summed E-state index contributed by atoms with van der Waals surface area (Å²) in [6.45, 7) is 4.07. The lowest BCUT2D eigenvalue weighted by Gasteiger charge is -2.14. The summed E-state index contributed by atoms with van der Waals surface area (Å²) >= 11 is 0. The Bertz CT molecular complexity index is 380. The number of nitrogens with zero attached hydrogens (tertiary/aromatic N) is 1. The highest BCUT2D eigenvalue weighted by molar-refractivity contribution is 5.67. The van der Waals surface area contributed by atoms with Gasteiger partial charge >= 0.3 is 5.97 Å². The molecule has 0 aromatic carbocycles. The first kappa shape index (κ1) is 13.4. The van der Waals surface area contributed by atoms with Crippen LogP contribution in [0.5, 0.6) is 5.88 Å². The first-order chi connectivity index (χ1) is 8.02. The SMILES string of the molecule is CC(C)Oc1cccc(C(CN)CC(=O)O)n1. The Morgan fingerprint density at radius 3 is 2.76 bits per heavy atom. The quantitative estimate of drug-likeness (QED) is 0.782. The molecule has 0 saturated carbocycles. The molecule has 17 heavy (non-hydrogen) atoms. The number of rotatable bonds is 6. The normalized spacial score (nSPS) is 12.5. The average Bonchev–Trinajstić information content (AvgIpc) is 2.25. The molecular formula is C12H18N2O3. The molecule has 0 bridgehead atoms. The lowest BCUT2D eigenvalue weighted by atomic mass is 10.0. The number of pyridine rings is 1. The van der Waals surface area contributed by atoms with E-state index in [1.54, 1.807) is 18.2 Å². The van der Waals surface area contributed by atoms with Crippen molar-refractivity contribution < 1.29 is 14.6 Å². The first-order valence-corrected chi connectivity index (χ1v) is 5.58. The van der Waals surface area contributed by atoms with Crippen LogP contribution in [0.4, 0.5) is 0 Å². The van der Waals surface area contributed by atoms with Crippen molar-refractivity contribution in [3.63, 3.8) is 0 Å². The molecule has 0 fully saturated rings. The first-order valence-electron chi connectivity index (χ1n) is 5.58. The van der Waals surface area contributed by atoms with Crippen LogP contribution in [-0.4, -0.2) is 28.7 Å². The van der Waals surface area contributed by atoms with Gasteiger partial charge in [0.2, 0.25) is 5.88 Å². The Morgan fingerprint density at radius 2 is 2.24 bits per heavy atom. The second-order valence-corrected chi connectivity index (χ2v) is 4.10. The van der Waals surface area contributed by atoms with Gasteiger partial charge in [-0.25, -0.2) is 4.98 Å². The number of hydrogen-bond donors (Lipinski definition) is 2. The Kier molecular flexibility index (Phi) is 4.90. The zero-order valence-electron chi connectivity index (χ0n) is 10.1. The van der Waals surface area contributed by atoms with E-state index in [0.29, 0.717) is 11.6 Å². The van der Waals surface area contributed by atoms with Gasteiger partial charge in [0, 0.05) is 24.2 Å². The predicted molar refractivity (Wildman–Crippen MR) is 64.0 cm³/mol. The maximum atomic E-state index is 10.7. The molecule has 0 amide bonds. The van der Waals surface area contributed by atoms with Crippen molar-refractivity contribution in [3.05, 3.63) is 23.9 Å². The number of nitrogens with two attached hydrogens (primary N) is 1. The average molecular weight is 238 g/mol. The van der Waals surface area contributed by atoms with E-state index in [4.69, 9.17) is 15.6 Å². The topological polar surface area (TPSA) is 85.4 Å². The van der Waals surface area contributed by atoms with E-state index in [1.165, 1.54) is 0 Å². The van der Waals surface area contributed by atoms with Gasteiger partial charge in [-0.3, -0.25) is 4.79 Å². The highest BCUT2D eigenvalue weighted by Crippen LogP contribution is 2.19. The molecule has 0 aliphatic carbocycles. The summed E-state index contributed by atoms with van der Waals surface area (Å²) in [6, 6.07) is 5.32. The third kappa shape index (κ3) is 4.40. The molecule has 1 aromatic rings. The number of ether oxygens (including phenoxy) is 1. The maximum absolute atomic E-state index is 10.7. The lowest BCUT2D eigenvalue weighted by Crippen LogP contribution is -2.18. The van der Waals surface area contributed by atoms with Crippen molar-refractivity contribution in [2.75, 3.05) is 6.54 Å². The maximum Gasteiger partial charge on any atom is 0.304 e. The number of carboxylic acids is 1. The van der Waals surface area contributed by atoms with Gasteiger partial charge in [0.15, 0.2) is 0 Å². The van der Waals surface area contributed by atoms with Gasteiger partial charge < -0.3 is 15.6 Å². The van der Waals surface area contributed by atoms with Crippen LogP contribution in [-0.2, 0) is 4.79 Å². The number of aliphatic carboxylic acids is 1. The minimum atomic E-state index is -0.877. The number of carboxylic acid groups (broad SMARTS) is 1. The Hall–Kier alpha value is -1.62. The molecule has 3 N–H and O–H groups in total. The summed E-state index contributed by atoms with van der Waals surface area (Å²) in [6.07, 6.45) is 0.0165. The molecule has 94 valence electrons. The zero-order chi connectivity index (χ0) is 12.8. The lowest BCUT2D eigenvalue weighted by molar-refractivity contribution is -0.137. The van der Waals surface area contributed by atoms with E-state index in [0.717, 1.165) is 0 Å². The molecule has 1 rings (SSSR count). The third-order valence-electron chi connectivity index (χ3n) is 2.23. The van der Waals surface area contributed by atoms with Crippen LogP contribution in [0.15, 0.2) is 18.2 Å². The van der Waals surface area contributed by atoms with Crippen LogP contribution < -0.4 is 10.5 Å². The fourth-order valence-corrected chi connectivity index (χ4v) is 1.48. The Labute approximate surface area is 101 Å². The monoisotopic (exact) mass is 238 g/mol. The third-order valence-corrected chi connectivity index (χ3v) is 2.23. The molecule has 0 saturated heterocycles. The van der Waals surface area contributed by atoms with Gasteiger partial charge in [0.05, 0.1) is 12.5 Å². The van der Waals surface area contributed by atoms with E-state index >= 15 is 0 Å². The minimum absolute atomic E-state index is 0.0192. The van der Waals surface area contributed by atoms with E-state index in [9.17, 15) is 4.79 Å². The molecule has 0 aliphatic rings. The van der Waals surface area contributed by atoms with Crippen LogP contribution in [0.25, 0.3) is 0 Å². The summed E-state index contributed by atoms with van der Waals surface area (Å²) in [4.78, 5) is 15.0. The smallest absolute Gasteiger partial charge is 0.304 e. The van der Waals surface area contributed by atoms with Gasteiger partial charge in [-0.05, 0) is 19.9 Å². The van der Waals surface area contributed by atoms with Gasteiger partial charge in [-0.2, -0.15) is 0 Å². The molecule has 1 unspecified atom stereocenters. The van der Waals surface area contributed by atoms with Crippen molar-refractivity contribution in [2.24, 2.45) is 5.73 Å². The molecule has 0 radical (unpaired) electrons. The van der Waals surface area contributed by atoms with E-state index in [1.807, 2.05) is 13.8 Å². The standard InChI is InChI=1S/C12H18N2O3/c1-8(2)17-11-5-3-4-10(14-11)9(7-13)6-12(15)16/h3-5,8-9H,6-7,13H2,1-2H3,(H,15,16). The Morgan fingerprint density at radius 1 is 1.53 bits per heavy atom. The summed E-state index contributed by atoms with van der Waals surface area (Å²) in [5.74, 6) is -0.651. The van der Waals surface area contributed by atoms with Crippen LogP contribution >= 0.6 is 0 Å². The zero-order valence-corrected chi connectivity index (χ0v) is 10.1. The molecule has 1 heterocycles. The van der Waals surface area contributed by atoms with Gasteiger partial charge in [-0.15, -0.1) is 0 Å². The highest BCUT2D eigenvalue weighted by atomic mass is 16.5. The van der Waals surface area contributed by atoms with Crippen molar-refractivity contribution in [2.45, 2.75) is 32.3 Å². The van der Waals surface area contributed by atoms with Crippen LogP contribution in [0, 0.1) is 0 Å². The van der Waals surface area contributed by atoms with Crippen LogP contribution in [0.3, 0.4) is 0 Å². The second-order valence-electron chi connectivity index (χ2n) is 4.10. The van der Waals surface area contributed by atoms with Crippen LogP contribution in [0.1, 0.15) is 31.9 Å². The number of carbonyl (C=O) groups is 1. The number of hydrogen-bond acceptors (Lipinski definition) is 4. The van der Waals surface area contributed by atoms with E-state index in [2.05, 4.69) is 4.98 Å². The largest absolute Gasteiger partial charge is 0.481 e. The molecule has 1 aromatic heterocycles. The van der Waals surface area contributed by atoms with E-state index in [-0.39, 0.29) is 25.0 Å². The van der Waals surface area contributed by atoms with Crippen molar-refractivity contribution in [1.82, 2.24) is 4.98 Å². The molecule has 5 heteroatoms. The summed E-state index contributed by atoms with van der Waals surface area (Å²) in [5, 5.41) is 8.78.